The van der Waals surface area contributed by atoms with E-state index in [1.54, 1.807) is 11.2 Å². The second kappa shape index (κ2) is 6.61. The van der Waals surface area contributed by atoms with Crippen LogP contribution in [0.15, 0.2) is 28.9 Å². The quantitative estimate of drug-likeness (QED) is 0.888. The molecular formula is C16H23N3O2. The van der Waals surface area contributed by atoms with E-state index in [4.69, 9.17) is 4.42 Å². The molecule has 0 aliphatic rings. The van der Waals surface area contributed by atoms with Crippen LogP contribution in [-0.2, 0) is 11.3 Å². The van der Waals surface area contributed by atoms with E-state index in [0.29, 0.717) is 18.9 Å². The second-order valence-corrected chi connectivity index (χ2v) is 5.86. The van der Waals surface area contributed by atoms with Crippen molar-refractivity contribution in [2.75, 3.05) is 7.05 Å². The molecule has 2 aromatic heterocycles. The van der Waals surface area contributed by atoms with Gasteiger partial charge >= 0.3 is 0 Å². The molecule has 0 spiro atoms. The monoisotopic (exact) mass is 289 g/mol. The predicted octanol–water partition coefficient (Wildman–Crippen LogP) is 3.10. The largest absolute Gasteiger partial charge is 0.469 e. The van der Waals surface area contributed by atoms with E-state index in [1.165, 1.54) is 0 Å². The van der Waals surface area contributed by atoms with Crippen molar-refractivity contribution in [2.45, 2.75) is 39.7 Å². The first-order chi connectivity index (χ1) is 9.97. The van der Waals surface area contributed by atoms with E-state index in [2.05, 4.69) is 24.0 Å². The fourth-order valence-corrected chi connectivity index (χ4v) is 2.40. The van der Waals surface area contributed by atoms with Crippen molar-refractivity contribution in [3.63, 3.8) is 0 Å². The third-order valence-electron chi connectivity index (χ3n) is 3.69. The molecule has 2 aromatic rings. The van der Waals surface area contributed by atoms with Crippen molar-refractivity contribution in [3.8, 4) is 0 Å². The number of hydrogen-bond acceptors (Lipinski definition) is 3. The Hall–Kier alpha value is -2.04. The van der Waals surface area contributed by atoms with Gasteiger partial charge in [0, 0.05) is 25.1 Å². The molecule has 1 atom stereocenters. The van der Waals surface area contributed by atoms with Crippen LogP contribution in [0.2, 0.25) is 0 Å². The number of nitrogens with zero attached hydrogens (tertiary/aromatic N) is 2. The molecule has 2 heterocycles. The second-order valence-electron chi connectivity index (χ2n) is 5.86. The standard InChI is InChI=1S/C16H23N3O2/c1-11(2)14(15-6-5-7-21-15)9-16(20)19(4)10-13-8-12(3)17-18-13/h5-8,11,14H,9-10H2,1-4H3,(H,17,18). The fraction of sp³-hybridized carbons (Fsp3) is 0.500. The van der Waals surface area contributed by atoms with Crippen molar-refractivity contribution in [3.05, 3.63) is 41.6 Å². The smallest absolute Gasteiger partial charge is 0.223 e. The van der Waals surface area contributed by atoms with Gasteiger partial charge in [0.15, 0.2) is 0 Å². The topological polar surface area (TPSA) is 62.1 Å². The highest BCUT2D eigenvalue weighted by atomic mass is 16.3. The van der Waals surface area contributed by atoms with Crippen LogP contribution in [0.4, 0.5) is 0 Å². The summed E-state index contributed by atoms with van der Waals surface area (Å²) >= 11 is 0. The Morgan fingerprint density at radius 3 is 2.76 bits per heavy atom. The summed E-state index contributed by atoms with van der Waals surface area (Å²) in [5.74, 6) is 1.44. The lowest BCUT2D eigenvalue weighted by atomic mass is 9.89. The summed E-state index contributed by atoms with van der Waals surface area (Å²) in [6.07, 6.45) is 2.11. The van der Waals surface area contributed by atoms with Crippen LogP contribution < -0.4 is 0 Å². The molecule has 0 saturated carbocycles. The summed E-state index contributed by atoms with van der Waals surface area (Å²) < 4.78 is 5.47. The first-order valence-electron chi connectivity index (χ1n) is 7.25. The number of hydrogen-bond donors (Lipinski definition) is 1. The van der Waals surface area contributed by atoms with Crippen LogP contribution in [0, 0.1) is 12.8 Å². The maximum atomic E-state index is 12.4. The molecule has 0 saturated heterocycles. The number of amides is 1. The Kier molecular flexibility index (Phi) is 4.83. The number of carbonyl (C=O) groups is 1. The Labute approximate surface area is 125 Å². The number of aryl methyl sites for hydroxylation is 1. The first kappa shape index (κ1) is 15.4. The van der Waals surface area contributed by atoms with Gasteiger partial charge in [-0.1, -0.05) is 13.8 Å². The maximum absolute atomic E-state index is 12.4. The molecule has 5 heteroatoms. The number of nitrogens with one attached hydrogen (secondary N) is 1. The van der Waals surface area contributed by atoms with Crippen LogP contribution in [-0.4, -0.2) is 28.1 Å². The normalized spacial score (nSPS) is 12.6. The molecule has 1 N–H and O–H groups in total. The van der Waals surface area contributed by atoms with E-state index < -0.39 is 0 Å². The van der Waals surface area contributed by atoms with Gasteiger partial charge in [-0.2, -0.15) is 5.10 Å². The van der Waals surface area contributed by atoms with Gasteiger partial charge in [0.05, 0.1) is 18.5 Å². The summed E-state index contributed by atoms with van der Waals surface area (Å²) in [5.41, 5.74) is 1.88. The summed E-state index contributed by atoms with van der Waals surface area (Å²) in [4.78, 5) is 14.1. The van der Waals surface area contributed by atoms with Crippen molar-refractivity contribution < 1.29 is 9.21 Å². The lowest BCUT2D eigenvalue weighted by Crippen LogP contribution is -2.28. The van der Waals surface area contributed by atoms with E-state index in [9.17, 15) is 4.79 Å². The molecule has 0 aliphatic heterocycles. The number of H-pyrrole nitrogens is 1. The van der Waals surface area contributed by atoms with E-state index in [0.717, 1.165) is 17.1 Å². The highest BCUT2D eigenvalue weighted by molar-refractivity contribution is 5.76. The molecule has 1 amide bonds. The zero-order valence-corrected chi connectivity index (χ0v) is 13.1. The highest BCUT2D eigenvalue weighted by Crippen LogP contribution is 2.28. The van der Waals surface area contributed by atoms with Crippen molar-refractivity contribution in [1.82, 2.24) is 15.1 Å². The Morgan fingerprint density at radius 1 is 1.48 bits per heavy atom. The number of aromatic amines is 1. The molecule has 21 heavy (non-hydrogen) atoms. The van der Waals surface area contributed by atoms with Crippen LogP contribution in [0.1, 0.15) is 43.3 Å². The minimum Gasteiger partial charge on any atom is -0.469 e. The molecule has 5 nitrogen and oxygen atoms in total. The Balaban J connectivity index is 1.98. The number of aromatic nitrogens is 2. The number of carbonyl (C=O) groups excluding carboxylic acids is 1. The fourth-order valence-electron chi connectivity index (χ4n) is 2.40. The molecule has 1 unspecified atom stereocenters. The van der Waals surface area contributed by atoms with Gasteiger partial charge < -0.3 is 9.32 Å². The third-order valence-corrected chi connectivity index (χ3v) is 3.69. The first-order valence-corrected chi connectivity index (χ1v) is 7.25. The molecule has 114 valence electrons. The Bertz CT molecular complexity index is 572. The molecule has 0 bridgehead atoms. The average molecular weight is 289 g/mol. The lowest BCUT2D eigenvalue weighted by Gasteiger charge is -2.22. The van der Waals surface area contributed by atoms with Crippen molar-refractivity contribution in [2.24, 2.45) is 5.92 Å². The summed E-state index contributed by atoms with van der Waals surface area (Å²) in [6, 6.07) is 5.76. The van der Waals surface area contributed by atoms with Gasteiger partial charge in [0.25, 0.3) is 0 Å². The molecule has 0 fully saturated rings. The van der Waals surface area contributed by atoms with Gasteiger partial charge in [-0.05, 0) is 31.0 Å². The van der Waals surface area contributed by atoms with E-state index >= 15 is 0 Å². The van der Waals surface area contributed by atoms with Crippen molar-refractivity contribution in [1.29, 1.82) is 0 Å². The molecule has 2 rings (SSSR count). The van der Waals surface area contributed by atoms with Gasteiger partial charge in [-0.3, -0.25) is 9.89 Å². The van der Waals surface area contributed by atoms with Gasteiger partial charge in [-0.25, -0.2) is 0 Å². The Morgan fingerprint density at radius 2 is 2.24 bits per heavy atom. The van der Waals surface area contributed by atoms with E-state index in [1.807, 2.05) is 32.2 Å². The zero-order chi connectivity index (χ0) is 15.4. The SMILES string of the molecule is Cc1cc(CN(C)C(=O)CC(c2ccco2)C(C)C)n[nH]1. The van der Waals surface area contributed by atoms with Crippen LogP contribution >= 0.6 is 0 Å². The lowest BCUT2D eigenvalue weighted by molar-refractivity contribution is -0.131. The molecule has 0 aromatic carbocycles. The maximum Gasteiger partial charge on any atom is 0.223 e. The average Bonchev–Trinajstić information content (AvgIpc) is 3.07. The number of rotatable bonds is 6. The number of furan rings is 1. The minimum atomic E-state index is 0.103. The molecular weight excluding hydrogens is 266 g/mol. The third kappa shape index (κ3) is 3.97. The predicted molar refractivity (Wildman–Crippen MR) is 80.7 cm³/mol. The van der Waals surface area contributed by atoms with Crippen LogP contribution in [0.5, 0.6) is 0 Å². The summed E-state index contributed by atoms with van der Waals surface area (Å²) in [5, 5.41) is 7.06. The van der Waals surface area contributed by atoms with Crippen molar-refractivity contribution >= 4 is 5.91 Å². The van der Waals surface area contributed by atoms with Crippen LogP contribution in [0.25, 0.3) is 0 Å². The summed E-state index contributed by atoms with van der Waals surface area (Å²) in [6.45, 7) is 6.69. The van der Waals surface area contributed by atoms with Crippen LogP contribution in [0.3, 0.4) is 0 Å². The van der Waals surface area contributed by atoms with Gasteiger partial charge in [0.2, 0.25) is 5.91 Å². The minimum absolute atomic E-state index is 0.103. The molecule has 0 aliphatic carbocycles. The highest BCUT2D eigenvalue weighted by Gasteiger charge is 2.24. The van der Waals surface area contributed by atoms with Gasteiger partial charge in [0.1, 0.15) is 5.76 Å². The summed E-state index contributed by atoms with van der Waals surface area (Å²) in [7, 11) is 1.81. The van der Waals surface area contributed by atoms with E-state index in [-0.39, 0.29) is 11.8 Å². The van der Waals surface area contributed by atoms with Gasteiger partial charge in [-0.15, -0.1) is 0 Å². The molecule has 0 radical (unpaired) electrons. The zero-order valence-electron chi connectivity index (χ0n) is 13.1.